The Kier molecular flexibility index (Phi) is 5.23. The van der Waals surface area contributed by atoms with E-state index in [1.807, 2.05) is 30.2 Å². The van der Waals surface area contributed by atoms with E-state index in [1.54, 1.807) is 10.9 Å². The van der Waals surface area contributed by atoms with Crippen molar-refractivity contribution in [1.82, 2.24) is 29.5 Å². The number of aromatic nitrogens is 6. The first kappa shape index (κ1) is 15.9. The summed E-state index contributed by atoms with van der Waals surface area (Å²) in [4.78, 5) is 8.10. The molecular formula is C16H21ClN6. The summed E-state index contributed by atoms with van der Waals surface area (Å²) in [5.41, 5.74) is 0.695. The highest BCUT2D eigenvalue weighted by atomic mass is 35.5. The molecule has 3 aromatic rings. The Bertz CT molecular complexity index is 730. The Morgan fingerprint density at radius 2 is 2.04 bits per heavy atom. The van der Waals surface area contributed by atoms with Gasteiger partial charge in [0.2, 0.25) is 0 Å². The summed E-state index contributed by atoms with van der Waals surface area (Å²) in [5, 5.41) is 9.62. The van der Waals surface area contributed by atoms with Crippen molar-refractivity contribution >= 4 is 22.6 Å². The van der Waals surface area contributed by atoms with Crippen molar-refractivity contribution < 1.29 is 0 Å². The maximum absolute atomic E-state index is 6.01. The lowest BCUT2D eigenvalue weighted by Crippen LogP contribution is -2.14. The standard InChI is InChI=1S/C12H15ClN4.C4H6N2/c13-11-10-7-17(16-12(10)15-8-14-11)6-9-4-2-1-3-5-9;1-6-4-2-3-5-6/h7-9H,1-6H2;2-4H,1H3. The molecule has 0 radical (unpaired) electrons. The van der Waals surface area contributed by atoms with Crippen LogP contribution < -0.4 is 0 Å². The smallest absolute Gasteiger partial charge is 0.185 e. The van der Waals surface area contributed by atoms with E-state index >= 15 is 0 Å². The molecule has 1 saturated carbocycles. The third-order valence-corrected chi connectivity index (χ3v) is 4.42. The number of rotatable bonds is 2. The van der Waals surface area contributed by atoms with Gasteiger partial charge in [0.05, 0.1) is 5.39 Å². The van der Waals surface area contributed by atoms with E-state index in [4.69, 9.17) is 11.6 Å². The molecule has 1 fully saturated rings. The molecule has 23 heavy (non-hydrogen) atoms. The molecule has 0 saturated heterocycles. The lowest BCUT2D eigenvalue weighted by molar-refractivity contribution is 0.309. The maximum Gasteiger partial charge on any atom is 0.185 e. The van der Waals surface area contributed by atoms with Crippen LogP contribution in [0, 0.1) is 5.92 Å². The first-order chi connectivity index (χ1) is 11.2. The van der Waals surface area contributed by atoms with Gasteiger partial charge in [0.15, 0.2) is 5.65 Å². The van der Waals surface area contributed by atoms with E-state index in [1.165, 1.54) is 38.4 Å². The minimum absolute atomic E-state index is 0.491. The Hall–Kier alpha value is -1.95. The Labute approximate surface area is 140 Å². The predicted molar refractivity (Wildman–Crippen MR) is 90.1 cm³/mol. The van der Waals surface area contributed by atoms with Crippen molar-refractivity contribution in [3.63, 3.8) is 0 Å². The molecule has 0 amide bonds. The molecule has 4 rings (SSSR count). The fourth-order valence-corrected chi connectivity index (χ4v) is 3.11. The van der Waals surface area contributed by atoms with Crippen molar-refractivity contribution in [2.45, 2.75) is 38.6 Å². The van der Waals surface area contributed by atoms with Gasteiger partial charge in [-0.1, -0.05) is 30.9 Å². The van der Waals surface area contributed by atoms with Crippen LogP contribution in [0.5, 0.6) is 0 Å². The van der Waals surface area contributed by atoms with Crippen LogP contribution in [0.1, 0.15) is 32.1 Å². The van der Waals surface area contributed by atoms with E-state index in [9.17, 15) is 0 Å². The second kappa shape index (κ2) is 7.55. The summed E-state index contributed by atoms with van der Waals surface area (Å²) in [5.74, 6) is 0.754. The molecular weight excluding hydrogens is 312 g/mol. The van der Waals surface area contributed by atoms with Crippen molar-refractivity contribution in [3.8, 4) is 0 Å². The topological polar surface area (TPSA) is 61.4 Å². The monoisotopic (exact) mass is 332 g/mol. The average molecular weight is 333 g/mol. The van der Waals surface area contributed by atoms with Crippen LogP contribution in [-0.4, -0.2) is 29.5 Å². The SMILES string of the molecule is Clc1ncnc2nn(CC3CCCCC3)cc12.Cn1cccn1. The van der Waals surface area contributed by atoms with Gasteiger partial charge in [0, 0.05) is 32.2 Å². The predicted octanol–water partition coefficient (Wildman–Crippen LogP) is 3.48. The first-order valence-electron chi connectivity index (χ1n) is 7.99. The van der Waals surface area contributed by atoms with Gasteiger partial charge < -0.3 is 0 Å². The number of hydrogen-bond acceptors (Lipinski definition) is 4. The second-order valence-electron chi connectivity index (χ2n) is 5.94. The summed E-state index contributed by atoms with van der Waals surface area (Å²) < 4.78 is 3.72. The van der Waals surface area contributed by atoms with E-state index < -0.39 is 0 Å². The molecule has 0 bridgehead atoms. The molecule has 0 spiro atoms. The second-order valence-corrected chi connectivity index (χ2v) is 6.29. The van der Waals surface area contributed by atoms with E-state index in [-0.39, 0.29) is 0 Å². The molecule has 3 aromatic heterocycles. The van der Waals surface area contributed by atoms with Gasteiger partial charge in [-0.15, -0.1) is 0 Å². The zero-order valence-electron chi connectivity index (χ0n) is 13.3. The highest BCUT2D eigenvalue weighted by Gasteiger charge is 2.15. The fourth-order valence-electron chi connectivity index (χ4n) is 2.93. The van der Waals surface area contributed by atoms with Crippen LogP contribution in [0.3, 0.4) is 0 Å². The van der Waals surface area contributed by atoms with Crippen LogP contribution in [-0.2, 0) is 13.6 Å². The Morgan fingerprint density at radius 3 is 2.65 bits per heavy atom. The Balaban J connectivity index is 0.000000220. The summed E-state index contributed by atoms with van der Waals surface area (Å²) in [6.45, 7) is 0.979. The van der Waals surface area contributed by atoms with Gasteiger partial charge >= 0.3 is 0 Å². The molecule has 0 unspecified atom stereocenters. The molecule has 0 N–H and O–H groups in total. The third-order valence-electron chi connectivity index (χ3n) is 4.12. The van der Waals surface area contributed by atoms with Crippen LogP contribution in [0.2, 0.25) is 5.15 Å². The van der Waals surface area contributed by atoms with Crippen molar-refractivity contribution in [3.05, 3.63) is 36.1 Å². The quantitative estimate of drug-likeness (QED) is 0.674. The molecule has 7 heteroatoms. The summed E-state index contributed by atoms with van der Waals surface area (Å²) >= 11 is 6.01. The van der Waals surface area contributed by atoms with Gasteiger partial charge in [-0.05, 0) is 24.8 Å². The third kappa shape index (κ3) is 4.28. The van der Waals surface area contributed by atoms with Gasteiger partial charge in [-0.3, -0.25) is 9.36 Å². The summed E-state index contributed by atoms with van der Waals surface area (Å²) in [7, 11) is 1.89. The summed E-state index contributed by atoms with van der Waals surface area (Å²) in [6.07, 6.45) is 13.8. The zero-order chi connectivity index (χ0) is 16.1. The van der Waals surface area contributed by atoms with E-state index in [0.29, 0.717) is 10.8 Å². The van der Waals surface area contributed by atoms with Crippen molar-refractivity contribution in [2.75, 3.05) is 0 Å². The largest absolute Gasteiger partial charge is 0.276 e. The van der Waals surface area contributed by atoms with Gasteiger partial charge in [0.1, 0.15) is 11.5 Å². The van der Waals surface area contributed by atoms with Gasteiger partial charge in [0.25, 0.3) is 0 Å². The van der Waals surface area contributed by atoms with Crippen LogP contribution in [0.15, 0.2) is 31.0 Å². The molecule has 0 aliphatic heterocycles. The van der Waals surface area contributed by atoms with Crippen molar-refractivity contribution in [2.24, 2.45) is 13.0 Å². The maximum atomic E-state index is 6.01. The first-order valence-corrected chi connectivity index (χ1v) is 8.37. The van der Waals surface area contributed by atoms with Gasteiger partial charge in [-0.25, -0.2) is 9.97 Å². The summed E-state index contributed by atoms with van der Waals surface area (Å²) in [6, 6.07) is 1.89. The highest BCUT2D eigenvalue weighted by molar-refractivity contribution is 6.33. The van der Waals surface area contributed by atoms with E-state index in [0.717, 1.165) is 17.8 Å². The Morgan fingerprint density at radius 1 is 1.22 bits per heavy atom. The lowest BCUT2D eigenvalue weighted by atomic mass is 9.89. The van der Waals surface area contributed by atoms with Crippen molar-refractivity contribution in [1.29, 1.82) is 0 Å². The number of halogens is 1. The molecule has 122 valence electrons. The zero-order valence-corrected chi connectivity index (χ0v) is 14.0. The average Bonchev–Trinajstić information content (AvgIpc) is 3.18. The molecule has 1 aliphatic rings. The van der Waals surface area contributed by atoms with Gasteiger partial charge in [-0.2, -0.15) is 10.2 Å². The molecule has 6 nitrogen and oxygen atoms in total. The van der Waals surface area contributed by atoms with E-state index in [2.05, 4.69) is 20.2 Å². The minimum atomic E-state index is 0.491. The lowest BCUT2D eigenvalue weighted by Gasteiger charge is -2.21. The normalized spacial score (nSPS) is 15.4. The number of hydrogen-bond donors (Lipinski definition) is 0. The van der Waals surface area contributed by atoms with Crippen LogP contribution in [0.25, 0.3) is 11.0 Å². The van der Waals surface area contributed by atoms with Crippen LogP contribution in [0.4, 0.5) is 0 Å². The molecule has 1 aliphatic carbocycles. The number of fused-ring (bicyclic) bond motifs is 1. The molecule has 0 atom stereocenters. The minimum Gasteiger partial charge on any atom is -0.276 e. The molecule has 3 heterocycles. The molecule has 0 aromatic carbocycles. The fraction of sp³-hybridized carbons (Fsp3) is 0.500. The highest BCUT2D eigenvalue weighted by Crippen LogP contribution is 2.26. The number of aryl methyl sites for hydroxylation is 1. The number of nitrogens with zero attached hydrogens (tertiary/aromatic N) is 6. The van der Waals surface area contributed by atoms with Crippen LogP contribution >= 0.6 is 11.6 Å².